The summed E-state index contributed by atoms with van der Waals surface area (Å²) in [5.41, 5.74) is 0.643. The molecule has 0 aromatic heterocycles. The van der Waals surface area contributed by atoms with Gasteiger partial charge in [0.15, 0.2) is 0 Å². The molecule has 0 saturated carbocycles. The van der Waals surface area contributed by atoms with E-state index in [-0.39, 0.29) is 5.75 Å². The topological polar surface area (TPSA) is 9.23 Å². The summed E-state index contributed by atoms with van der Waals surface area (Å²) in [6.07, 6.45) is -3.77. The second-order valence-electron chi connectivity index (χ2n) is 3.12. The molecule has 1 aromatic rings. The van der Waals surface area contributed by atoms with Gasteiger partial charge in [-0.2, -0.15) is 13.2 Å². The predicted molar refractivity (Wildman–Crippen MR) is 53.6 cm³/mol. The minimum atomic E-state index is -4.36. The zero-order valence-corrected chi connectivity index (χ0v) is 8.97. The standard InChI is InChI=1S/C10H6BrF3O/c11-7-2-3-8-6(5-7)1-4-9(15-8)10(12,13)14/h1-5,9H. The summed E-state index contributed by atoms with van der Waals surface area (Å²) in [6.45, 7) is 0. The van der Waals surface area contributed by atoms with Gasteiger partial charge in [0.25, 0.3) is 0 Å². The van der Waals surface area contributed by atoms with Crippen LogP contribution in [0.15, 0.2) is 28.7 Å². The number of ether oxygens (including phenoxy) is 1. The van der Waals surface area contributed by atoms with Crippen molar-refractivity contribution in [3.05, 3.63) is 34.3 Å². The second kappa shape index (κ2) is 3.56. The van der Waals surface area contributed by atoms with E-state index in [9.17, 15) is 13.2 Å². The monoisotopic (exact) mass is 278 g/mol. The van der Waals surface area contributed by atoms with Crippen LogP contribution in [-0.4, -0.2) is 12.3 Å². The third-order valence-electron chi connectivity index (χ3n) is 2.00. The smallest absolute Gasteiger partial charge is 0.429 e. The number of alkyl halides is 3. The number of fused-ring (bicyclic) bond motifs is 1. The molecule has 0 saturated heterocycles. The van der Waals surface area contributed by atoms with E-state index >= 15 is 0 Å². The van der Waals surface area contributed by atoms with Crippen LogP contribution < -0.4 is 4.74 Å². The molecule has 0 amide bonds. The van der Waals surface area contributed by atoms with Crippen LogP contribution in [0.2, 0.25) is 0 Å². The van der Waals surface area contributed by atoms with Crippen molar-refractivity contribution < 1.29 is 17.9 Å². The molecule has 1 atom stereocenters. The Morgan fingerprint density at radius 2 is 2.00 bits per heavy atom. The number of hydrogen-bond donors (Lipinski definition) is 0. The van der Waals surface area contributed by atoms with Gasteiger partial charge in [0.2, 0.25) is 6.10 Å². The molecule has 15 heavy (non-hydrogen) atoms. The molecule has 0 radical (unpaired) electrons. The molecule has 1 aliphatic rings. The van der Waals surface area contributed by atoms with Crippen molar-refractivity contribution in [2.45, 2.75) is 12.3 Å². The van der Waals surface area contributed by atoms with E-state index in [4.69, 9.17) is 4.74 Å². The first-order valence-corrected chi connectivity index (χ1v) is 4.97. The van der Waals surface area contributed by atoms with Crippen molar-refractivity contribution >= 4 is 22.0 Å². The Balaban J connectivity index is 2.32. The van der Waals surface area contributed by atoms with Gasteiger partial charge in [-0.15, -0.1) is 0 Å². The summed E-state index contributed by atoms with van der Waals surface area (Å²) in [4.78, 5) is 0. The van der Waals surface area contributed by atoms with E-state index in [0.29, 0.717) is 5.56 Å². The van der Waals surface area contributed by atoms with Crippen LogP contribution >= 0.6 is 15.9 Å². The Labute approximate surface area is 92.7 Å². The zero-order valence-electron chi connectivity index (χ0n) is 7.38. The molecule has 1 unspecified atom stereocenters. The maximum absolute atomic E-state index is 12.3. The summed E-state index contributed by atoms with van der Waals surface area (Å²) >= 11 is 3.23. The van der Waals surface area contributed by atoms with Gasteiger partial charge < -0.3 is 4.74 Å². The molecule has 0 aliphatic carbocycles. The first kappa shape index (κ1) is 10.5. The molecule has 0 bridgehead atoms. The molecule has 0 fully saturated rings. The highest BCUT2D eigenvalue weighted by molar-refractivity contribution is 9.10. The van der Waals surface area contributed by atoms with Crippen LogP contribution in [-0.2, 0) is 0 Å². The molecule has 5 heteroatoms. The van der Waals surface area contributed by atoms with E-state index in [2.05, 4.69) is 15.9 Å². The maximum Gasteiger partial charge on any atom is 0.429 e. The van der Waals surface area contributed by atoms with E-state index in [1.807, 2.05) is 0 Å². The molecular formula is C10H6BrF3O. The molecule has 2 rings (SSSR count). The molecule has 1 aliphatic heterocycles. The second-order valence-corrected chi connectivity index (χ2v) is 4.04. The first-order chi connectivity index (χ1) is 6.97. The lowest BCUT2D eigenvalue weighted by Gasteiger charge is -2.23. The highest BCUT2D eigenvalue weighted by Gasteiger charge is 2.41. The maximum atomic E-state index is 12.3. The number of rotatable bonds is 0. The fourth-order valence-electron chi connectivity index (χ4n) is 1.30. The Kier molecular flexibility index (Phi) is 2.50. The lowest BCUT2D eigenvalue weighted by atomic mass is 10.1. The molecule has 1 heterocycles. The summed E-state index contributed by atoms with van der Waals surface area (Å²) < 4.78 is 42.6. The van der Waals surface area contributed by atoms with Gasteiger partial charge in [-0.05, 0) is 24.3 Å². The number of halogens is 4. The van der Waals surface area contributed by atoms with Gasteiger partial charge >= 0.3 is 6.18 Å². The summed E-state index contributed by atoms with van der Waals surface area (Å²) in [5, 5.41) is 0. The van der Waals surface area contributed by atoms with Gasteiger partial charge in [0.1, 0.15) is 5.75 Å². The fourth-order valence-corrected chi connectivity index (χ4v) is 1.68. The summed E-state index contributed by atoms with van der Waals surface area (Å²) in [6, 6.07) is 4.87. The zero-order chi connectivity index (χ0) is 11.1. The van der Waals surface area contributed by atoms with Gasteiger partial charge in [0.05, 0.1) is 0 Å². The van der Waals surface area contributed by atoms with Gasteiger partial charge in [-0.3, -0.25) is 0 Å². The van der Waals surface area contributed by atoms with Crippen LogP contribution in [0.4, 0.5) is 13.2 Å². The van der Waals surface area contributed by atoms with Crippen LogP contribution in [0.25, 0.3) is 6.08 Å². The van der Waals surface area contributed by atoms with Crippen molar-refractivity contribution in [2.24, 2.45) is 0 Å². The Bertz CT molecular complexity index is 412. The largest absolute Gasteiger partial charge is 0.476 e. The van der Waals surface area contributed by atoms with Crippen molar-refractivity contribution in [1.29, 1.82) is 0 Å². The molecule has 0 N–H and O–H groups in total. The highest BCUT2D eigenvalue weighted by Crippen LogP contribution is 2.34. The lowest BCUT2D eigenvalue weighted by Crippen LogP contribution is -2.33. The van der Waals surface area contributed by atoms with E-state index in [1.54, 1.807) is 12.1 Å². The lowest BCUT2D eigenvalue weighted by molar-refractivity contribution is -0.180. The molecular weight excluding hydrogens is 273 g/mol. The van der Waals surface area contributed by atoms with E-state index in [0.717, 1.165) is 10.5 Å². The molecule has 0 spiro atoms. The Morgan fingerprint density at radius 3 is 2.67 bits per heavy atom. The normalized spacial score (nSPS) is 19.6. The minimum absolute atomic E-state index is 0.253. The van der Waals surface area contributed by atoms with Crippen molar-refractivity contribution in [2.75, 3.05) is 0 Å². The average Bonchev–Trinajstić information content (AvgIpc) is 2.15. The van der Waals surface area contributed by atoms with Crippen molar-refractivity contribution in [3.8, 4) is 5.75 Å². The summed E-state index contributed by atoms with van der Waals surface area (Å²) in [5.74, 6) is 0.253. The van der Waals surface area contributed by atoms with E-state index < -0.39 is 12.3 Å². The van der Waals surface area contributed by atoms with Gasteiger partial charge in [-0.25, -0.2) is 0 Å². The third-order valence-corrected chi connectivity index (χ3v) is 2.49. The van der Waals surface area contributed by atoms with Crippen LogP contribution in [0.5, 0.6) is 5.75 Å². The van der Waals surface area contributed by atoms with Crippen molar-refractivity contribution in [3.63, 3.8) is 0 Å². The Morgan fingerprint density at radius 1 is 1.27 bits per heavy atom. The van der Waals surface area contributed by atoms with Gasteiger partial charge in [0, 0.05) is 10.0 Å². The molecule has 1 nitrogen and oxygen atoms in total. The van der Waals surface area contributed by atoms with Crippen LogP contribution in [0.1, 0.15) is 5.56 Å². The van der Waals surface area contributed by atoms with Gasteiger partial charge in [-0.1, -0.05) is 22.0 Å². The number of benzene rings is 1. The minimum Gasteiger partial charge on any atom is -0.476 e. The van der Waals surface area contributed by atoms with Crippen LogP contribution in [0.3, 0.4) is 0 Å². The van der Waals surface area contributed by atoms with E-state index in [1.165, 1.54) is 12.1 Å². The average molecular weight is 279 g/mol. The molecule has 80 valence electrons. The highest BCUT2D eigenvalue weighted by atomic mass is 79.9. The Hall–Kier alpha value is -0.970. The predicted octanol–water partition coefficient (Wildman–Crippen LogP) is 3.79. The first-order valence-electron chi connectivity index (χ1n) is 4.18. The third kappa shape index (κ3) is 2.17. The van der Waals surface area contributed by atoms with Crippen LogP contribution in [0, 0.1) is 0 Å². The SMILES string of the molecule is FC(F)(F)C1C=Cc2cc(Br)ccc2O1. The molecule has 1 aromatic carbocycles. The number of hydrogen-bond acceptors (Lipinski definition) is 1. The quantitative estimate of drug-likeness (QED) is 0.702. The van der Waals surface area contributed by atoms with Crippen molar-refractivity contribution in [1.82, 2.24) is 0 Å². The summed E-state index contributed by atoms with van der Waals surface area (Å²) in [7, 11) is 0. The fraction of sp³-hybridized carbons (Fsp3) is 0.200.